The largest absolute Gasteiger partial charge is 0.359 e. The molecule has 20 heavy (non-hydrogen) atoms. The standard InChI is InChI=1S/C15H18N4O/c1-11(2)17-8-12-9-19(10-13-5-7-18-20-13)15-14(12)4-3-6-16-15/h3-7,9,11,17H,8,10H2,1-2H3. The number of hydrogen-bond acceptors (Lipinski definition) is 4. The third kappa shape index (κ3) is 2.58. The second-order valence-electron chi connectivity index (χ2n) is 5.17. The topological polar surface area (TPSA) is 55.9 Å². The molecule has 3 aromatic heterocycles. The van der Waals surface area contributed by atoms with E-state index in [1.165, 1.54) is 10.9 Å². The lowest BCUT2D eigenvalue weighted by molar-refractivity contribution is 0.377. The average molecular weight is 270 g/mol. The van der Waals surface area contributed by atoms with Crippen LogP contribution in [0.3, 0.4) is 0 Å². The Balaban J connectivity index is 1.95. The number of rotatable bonds is 5. The van der Waals surface area contributed by atoms with E-state index < -0.39 is 0 Å². The van der Waals surface area contributed by atoms with Crippen LogP contribution in [-0.4, -0.2) is 20.7 Å². The molecule has 1 N–H and O–H groups in total. The minimum Gasteiger partial charge on any atom is -0.359 e. The van der Waals surface area contributed by atoms with Crippen molar-refractivity contribution < 1.29 is 4.52 Å². The fourth-order valence-electron chi connectivity index (χ4n) is 2.26. The lowest BCUT2D eigenvalue weighted by Crippen LogP contribution is -2.21. The summed E-state index contributed by atoms with van der Waals surface area (Å²) in [5.41, 5.74) is 2.23. The molecule has 0 aliphatic rings. The number of nitrogens with one attached hydrogen (secondary N) is 1. The van der Waals surface area contributed by atoms with E-state index in [9.17, 15) is 0 Å². The molecule has 0 spiro atoms. The van der Waals surface area contributed by atoms with E-state index in [4.69, 9.17) is 4.52 Å². The molecule has 0 aliphatic heterocycles. The predicted octanol–water partition coefficient (Wildman–Crippen LogP) is 2.57. The lowest BCUT2D eigenvalue weighted by atomic mass is 10.2. The number of hydrogen-bond donors (Lipinski definition) is 1. The minimum atomic E-state index is 0.458. The number of aromatic nitrogens is 3. The summed E-state index contributed by atoms with van der Waals surface area (Å²) in [7, 11) is 0. The van der Waals surface area contributed by atoms with Gasteiger partial charge in [0.15, 0.2) is 5.76 Å². The molecule has 0 aliphatic carbocycles. The zero-order valence-electron chi connectivity index (χ0n) is 11.7. The van der Waals surface area contributed by atoms with Gasteiger partial charge in [-0.15, -0.1) is 0 Å². The molecule has 0 bridgehead atoms. The van der Waals surface area contributed by atoms with Gasteiger partial charge in [-0.05, 0) is 17.7 Å². The van der Waals surface area contributed by atoms with Crippen LogP contribution in [0.15, 0.2) is 41.3 Å². The molecule has 3 heterocycles. The van der Waals surface area contributed by atoms with E-state index in [2.05, 4.69) is 46.1 Å². The molecule has 0 aromatic carbocycles. The molecule has 0 saturated heterocycles. The van der Waals surface area contributed by atoms with Crippen molar-refractivity contribution in [1.82, 2.24) is 20.0 Å². The van der Waals surface area contributed by atoms with Gasteiger partial charge in [-0.2, -0.15) is 0 Å². The summed E-state index contributed by atoms with van der Waals surface area (Å²) in [5.74, 6) is 0.830. The van der Waals surface area contributed by atoms with Crippen molar-refractivity contribution in [2.75, 3.05) is 0 Å². The van der Waals surface area contributed by atoms with Crippen LogP contribution < -0.4 is 5.32 Å². The van der Waals surface area contributed by atoms with Crippen molar-refractivity contribution in [1.29, 1.82) is 0 Å². The van der Waals surface area contributed by atoms with Crippen molar-refractivity contribution in [3.05, 3.63) is 48.1 Å². The van der Waals surface area contributed by atoms with Gasteiger partial charge >= 0.3 is 0 Å². The Morgan fingerprint density at radius 2 is 2.20 bits per heavy atom. The van der Waals surface area contributed by atoms with Crippen molar-refractivity contribution in [3.8, 4) is 0 Å². The maximum Gasteiger partial charge on any atom is 0.156 e. The maximum absolute atomic E-state index is 5.18. The van der Waals surface area contributed by atoms with E-state index in [0.717, 1.165) is 18.0 Å². The van der Waals surface area contributed by atoms with Gasteiger partial charge in [0, 0.05) is 36.4 Å². The highest BCUT2D eigenvalue weighted by atomic mass is 16.5. The molecule has 0 atom stereocenters. The summed E-state index contributed by atoms with van der Waals surface area (Å²) in [4.78, 5) is 4.48. The van der Waals surface area contributed by atoms with Crippen LogP contribution >= 0.6 is 0 Å². The molecule has 0 saturated carbocycles. The Morgan fingerprint density at radius 3 is 2.95 bits per heavy atom. The Labute approximate surface area is 117 Å². The first kappa shape index (κ1) is 12.9. The molecule has 0 amide bonds. The molecule has 3 rings (SSSR count). The van der Waals surface area contributed by atoms with Crippen LogP contribution in [0.25, 0.3) is 11.0 Å². The number of pyridine rings is 1. The summed E-state index contributed by atoms with van der Waals surface area (Å²) in [6, 6.07) is 6.41. The Kier molecular flexibility index (Phi) is 3.52. The third-order valence-electron chi connectivity index (χ3n) is 3.23. The fourth-order valence-corrected chi connectivity index (χ4v) is 2.26. The summed E-state index contributed by atoms with van der Waals surface area (Å²) in [6.45, 7) is 5.77. The molecule has 5 heteroatoms. The van der Waals surface area contributed by atoms with Crippen LogP contribution in [0.5, 0.6) is 0 Å². The van der Waals surface area contributed by atoms with Crippen molar-refractivity contribution in [3.63, 3.8) is 0 Å². The van der Waals surface area contributed by atoms with E-state index >= 15 is 0 Å². The zero-order valence-corrected chi connectivity index (χ0v) is 11.7. The zero-order chi connectivity index (χ0) is 13.9. The Bertz CT molecular complexity index is 685. The van der Waals surface area contributed by atoms with Crippen molar-refractivity contribution >= 4 is 11.0 Å². The first-order valence-electron chi connectivity index (χ1n) is 6.79. The average Bonchev–Trinajstić information content (AvgIpc) is 3.06. The Hall–Kier alpha value is -2.14. The van der Waals surface area contributed by atoms with Gasteiger partial charge in [0.05, 0.1) is 12.7 Å². The number of nitrogens with zero attached hydrogens (tertiary/aromatic N) is 3. The quantitative estimate of drug-likeness (QED) is 0.774. The van der Waals surface area contributed by atoms with Crippen LogP contribution in [0.4, 0.5) is 0 Å². The van der Waals surface area contributed by atoms with Gasteiger partial charge in [0.1, 0.15) is 5.65 Å². The summed E-state index contributed by atoms with van der Waals surface area (Å²) >= 11 is 0. The SMILES string of the molecule is CC(C)NCc1cn(Cc2ccno2)c2ncccc12. The smallest absolute Gasteiger partial charge is 0.156 e. The normalized spacial score (nSPS) is 11.6. The number of fused-ring (bicyclic) bond motifs is 1. The highest BCUT2D eigenvalue weighted by Crippen LogP contribution is 2.20. The molecule has 0 fully saturated rings. The lowest BCUT2D eigenvalue weighted by Gasteiger charge is -2.06. The molecule has 104 valence electrons. The predicted molar refractivity (Wildman–Crippen MR) is 77.3 cm³/mol. The molecule has 0 unspecified atom stereocenters. The minimum absolute atomic E-state index is 0.458. The molecule has 3 aromatic rings. The van der Waals surface area contributed by atoms with Gasteiger partial charge in [-0.3, -0.25) is 0 Å². The van der Waals surface area contributed by atoms with E-state index in [1.54, 1.807) is 6.20 Å². The Morgan fingerprint density at radius 1 is 1.30 bits per heavy atom. The van der Waals surface area contributed by atoms with Crippen LogP contribution in [0.1, 0.15) is 25.2 Å². The van der Waals surface area contributed by atoms with Crippen molar-refractivity contribution in [2.45, 2.75) is 33.0 Å². The molecule has 0 radical (unpaired) electrons. The molecular weight excluding hydrogens is 252 g/mol. The monoisotopic (exact) mass is 270 g/mol. The highest BCUT2D eigenvalue weighted by Gasteiger charge is 2.11. The summed E-state index contributed by atoms with van der Waals surface area (Å²) in [6.07, 6.45) is 5.62. The summed E-state index contributed by atoms with van der Waals surface area (Å²) in [5, 5.41) is 8.37. The third-order valence-corrected chi connectivity index (χ3v) is 3.23. The fraction of sp³-hybridized carbons (Fsp3) is 0.333. The first-order valence-corrected chi connectivity index (χ1v) is 6.79. The maximum atomic E-state index is 5.18. The van der Waals surface area contributed by atoms with Gasteiger partial charge in [-0.1, -0.05) is 19.0 Å². The highest BCUT2D eigenvalue weighted by molar-refractivity contribution is 5.80. The van der Waals surface area contributed by atoms with E-state index in [0.29, 0.717) is 12.6 Å². The molecular formula is C15H18N4O. The first-order chi connectivity index (χ1) is 9.74. The van der Waals surface area contributed by atoms with Crippen LogP contribution in [-0.2, 0) is 13.1 Å². The molecule has 5 nitrogen and oxygen atoms in total. The van der Waals surface area contributed by atoms with Gasteiger partial charge in [0.25, 0.3) is 0 Å². The van der Waals surface area contributed by atoms with E-state index in [-0.39, 0.29) is 0 Å². The summed E-state index contributed by atoms with van der Waals surface area (Å²) < 4.78 is 7.28. The van der Waals surface area contributed by atoms with Gasteiger partial charge in [0.2, 0.25) is 0 Å². The second-order valence-corrected chi connectivity index (χ2v) is 5.17. The van der Waals surface area contributed by atoms with Crippen LogP contribution in [0, 0.1) is 0 Å². The van der Waals surface area contributed by atoms with Gasteiger partial charge in [-0.25, -0.2) is 4.98 Å². The van der Waals surface area contributed by atoms with Crippen LogP contribution in [0.2, 0.25) is 0 Å². The van der Waals surface area contributed by atoms with E-state index in [1.807, 2.05) is 18.3 Å². The van der Waals surface area contributed by atoms with Gasteiger partial charge < -0.3 is 14.4 Å². The van der Waals surface area contributed by atoms with Crippen molar-refractivity contribution in [2.24, 2.45) is 0 Å². The second kappa shape index (κ2) is 5.46.